The number of amides is 1. The van der Waals surface area contributed by atoms with E-state index in [4.69, 9.17) is 52.1 Å². The molecule has 2 aromatic rings. The van der Waals surface area contributed by atoms with Crippen LogP contribution in [0.3, 0.4) is 0 Å². The number of benzene rings is 2. The van der Waals surface area contributed by atoms with Gasteiger partial charge in [-0.25, -0.2) is 4.79 Å². The number of rotatable bonds is 32. The molecule has 0 aliphatic heterocycles. The molecule has 1 aliphatic carbocycles. The van der Waals surface area contributed by atoms with Gasteiger partial charge in [0, 0.05) is 12.5 Å². The largest absolute Gasteiger partial charge is 0.460 e. The Bertz CT molecular complexity index is 1240. The normalized spacial score (nSPS) is 12.4. The smallest absolute Gasteiger partial charge is 0.407 e. The molecule has 0 spiro atoms. The molecule has 14 heteroatoms. The van der Waals surface area contributed by atoms with E-state index in [0.29, 0.717) is 125 Å². The molecule has 0 saturated heterocycles. The average molecular weight is 764 g/mol. The Kier molecular flexibility index (Phi) is 23.7. The van der Waals surface area contributed by atoms with Gasteiger partial charge in [-0.1, -0.05) is 48.5 Å². The Labute approximate surface area is 320 Å². The number of nitrogens with one attached hydrogen (secondary N) is 1. The Hall–Kier alpha value is -3.18. The molecule has 1 N–H and O–H groups in total. The van der Waals surface area contributed by atoms with Crippen molar-refractivity contribution in [1.29, 1.82) is 0 Å². The highest BCUT2D eigenvalue weighted by atomic mass is 16.6. The molecule has 0 bridgehead atoms. The second kappa shape index (κ2) is 28.3. The first-order valence-corrected chi connectivity index (χ1v) is 18.9. The number of esters is 1. The molecule has 304 valence electrons. The minimum absolute atomic E-state index is 0.0339. The Morgan fingerprint density at radius 2 is 0.870 bits per heavy atom. The maximum Gasteiger partial charge on any atom is 0.407 e. The van der Waals surface area contributed by atoms with Crippen molar-refractivity contribution in [1.82, 2.24) is 5.32 Å². The molecule has 3 rings (SSSR count). The van der Waals surface area contributed by atoms with Gasteiger partial charge >= 0.3 is 12.1 Å². The van der Waals surface area contributed by atoms with Crippen molar-refractivity contribution in [2.24, 2.45) is 0 Å². The molecular weight excluding hydrogens is 702 g/mol. The van der Waals surface area contributed by atoms with Gasteiger partial charge < -0.3 is 57.4 Å². The molecule has 0 radical (unpaired) electrons. The molecule has 0 fully saturated rings. The van der Waals surface area contributed by atoms with Crippen LogP contribution < -0.4 is 5.32 Å². The van der Waals surface area contributed by atoms with Crippen molar-refractivity contribution in [2.75, 3.05) is 132 Å². The SMILES string of the molecule is CC(C)(C)OC(=O)CCOCCOCCOCCOCCOCCOCCOCCOCCOCCNC(=O)OCC1c2ccccc2-c2ccccc21. The summed E-state index contributed by atoms with van der Waals surface area (Å²) in [4.78, 5) is 23.8. The molecule has 0 unspecified atom stereocenters. The summed E-state index contributed by atoms with van der Waals surface area (Å²) in [6, 6.07) is 16.5. The monoisotopic (exact) mass is 763 g/mol. The van der Waals surface area contributed by atoms with E-state index in [9.17, 15) is 9.59 Å². The highest BCUT2D eigenvalue weighted by molar-refractivity contribution is 5.79. The fourth-order valence-electron chi connectivity index (χ4n) is 5.28. The van der Waals surface area contributed by atoms with E-state index in [0.717, 1.165) is 0 Å². The first-order valence-electron chi connectivity index (χ1n) is 18.9. The van der Waals surface area contributed by atoms with Crippen molar-refractivity contribution in [3.8, 4) is 11.1 Å². The van der Waals surface area contributed by atoms with E-state index >= 15 is 0 Å². The third kappa shape index (κ3) is 20.5. The number of ether oxygens (including phenoxy) is 11. The van der Waals surface area contributed by atoms with Gasteiger partial charge in [0.1, 0.15) is 12.2 Å². The lowest BCUT2D eigenvalue weighted by atomic mass is 9.98. The van der Waals surface area contributed by atoms with E-state index < -0.39 is 11.7 Å². The quantitative estimate of drug-likeness (QED) is 0.0830. The van der Waals surface area contributed by atoms with Gasteiger partial charge in [0.2, 0.25) is 0 Å². The van der Waals surface area contributed by atoms with Crippen LogP contribution in [-0.2, 0) is 56.9 Å². The van der Waals surface area contributed by atoms with E-state index in [1.807, 2.05) is 45.0 Å². The minimum atomic E-state index is -0.479. The lowest BCUT2D eigenvalue weighted by molar-refractivity contribution is -0.156. The summed E-state index contributed by atoms with van der Waals surface area (Å²) in [5.41, 5.74) is 4.28. The van der Waals surface area contributed by atoms with Crippen LogP contribution in [0.1, 0.15) is 44.2 Å². The van der Waals surface area contributed by atoms with Gasteiger partial charge in [0.05, 0.1) is 125 Å². The number of alkyl carbamates (subject to hydrolysis) is 1. The van der Waals surface area contributed by atoms with Gasteiger partial charge in [-0.15, -0.1) is 0 Å². The first-order chi connectivity index (χ1) is 26.3. The maximum absolute atomic E-state index is 12.2. The number of carbonyl (C=O) groups is 2. The van der Waals surface area contributed by atoms with Crippen molar-refractivity contribution in [3.63, 3.8) is 0 Å². The zero-order valence-corrected chi connectivity index (χ0v) is 32.4. The van der Waals surface area contributed by atoms with Gasteiger partial charge in [-0.3, -0.25) is 4.79 Å². The van der Waals surface area contributed by atoms with Crippen molar-refractivity contribution >= 4 is 12.1 Å². The summed E-state index contributed by atoms with van der Waals surface area (Å²) >= 11 is 0. The van der Waals surface area contributed by atoms with Gasteiger partial charge in [0.15, 0.2) is 0 Å². The minimum Gasteiger partial charge on any atom is -0.460 e. The summed E-state index contributed by atoms with van der Waals surface area (Å²) in [7, 11) is 0. The number of hydrogen-bond acceptors (Lipinski definition) is 13. The molecule has 0 atom stereocenters. The molecule has 0 aromatic heterocycles. The van der Waals surface area contributed by atoms with Crippen LogP contribution in [0.4, 0.5) is 4.79 Å². The predicted octanol–water partition coefficient (Wildman–Crippen LogP) is 4.41. The first kappa shape index (κ1) is 45.2. The summed E-state index contributed by atoms with van der Waals surface area (Å²) in [5.74, 6) is -0.235. The van der Waals surface area contributed by atoms with Crippen LogP contribution in [0.15, 0.2) is 48.5 Å². The Morgan fingerprint density at radius 1 is 0.519 bits per heavy atom. The second-order valence-electron chi connectivity index (χ2n) is 13.1. The molecule has 1 aliphatic rings. The van der Waals surface area contributed by atoms with E-state index in [-0.39, 0.29) is 24.9 Å². The summed E-state index contributed by atoms with van der Waals surface area (Å²) in [5, 5.41) is 2.74. The molecule has 0 heterocycles. The molecule has 14 nitrogen and oxygen atoms in total. The lowest BCUT2D eigenvalue weighted by Gasteiger charge is -2.19. The molecule has 54 heavy (non-hydrogen) atoms. The number of carbonyl (C=O) groups excluding carboxylic acids is 2. The fraction of sp³-hybridized carbons (Fsp3) is 0.650. The highest BCUT2D eigenvalue weighted by Crippen LogP contribution is 2.44. The van der Waals surface area contributed by atoms with Crippen LogP contribution in [0.5, 0.6) is 0 Å². The third-order valence-corrected chi connectivity index (χ3v) is 7.71. The summed E-state index contributed by atoms with van der Waals surface area (Å²) in [6.07, 6.45) is -0.229. The second-order valence-corrected chi connectivity index (χ2v) is 13.1. The lowest BCUT2D eigenvalue weighted by Crippen LogP contribution is -2.29. The summed E-state index contributed by atoms with van der Waals surface area (Å²) < 4.78 is 60.0. The molecule has 1 amide bonds. The van der Waals surface area contributed by atoms with Crippen molar-refractivity contribution in [2.45, 2.75) is 38.7 Å². The van der Waals surface area contributed by atoms with Crippen molar-refractivity contribution in [3.05, 3.63) is 59.7 Å². The number of hydrogen-bond donors (Lipinski definition) is 1. The topological polar surface area (TPSA) is 148 Å². The average Bonchev–Trinajstić information content (AvgIpc) is 3.47. The zero-order chi connectivity index (χ0) is 38.5. The van der Waals surface area contributed by atoms with E-state index in [1.165, 1.54) is 22.3 Å². The standard InChI is InChI=1S/C40H61NO13/c1-40(2,3)54-38(42)12-14-44-16-18-46-20-22-48-24-26-50-28-30-52-31-29-51-27-25-49-23-21-47-19-17-45-15-13-41-39(43)53-32-37-35-10-6-4-8-33(35)34-9-5-7-11-36(34)37/h4-11,37H,12-32H2,1-3H3,(H,41,43). The van der Waals surface area contributed by atoms with Gasteiger partial charge in [-0.2, -0.15) is 0 Å². The summed E-state index contributed by atoms with van der Waals surface area (Å²) in [6.45, 7) is 14.2. The molecular formula is C40H61NO13. The van der Waals surface area contributed by atoms with E-state index in [1.54, 1.807) is 0 Å². The predicted molar refractivity (Wildman–Crippen MR) is 201 cm³/mol. The maximum atomic E-state index is 12.2. The van der Waals surface area contributed by atoms with Crippen LogP contribution in [0.25, 0.3) is 11.1 Å². The number of fused-ring (bicyclic) bond motifs is 3. The Balaban J connectivity index is 0.960. The van der Waals surface area contributed by atoms with Gasteiger partial charge in [-0.05, 0) is 43.0 Å². The molecule has 0 saturated carbocycles. The van der Waals surface area contributed by atoms with Crippen LogP contribution in [0, 0.1) is 0 Å². The van der Waals surface area contributed by atoms with Crippen LogP contribution >= 0.6 is 0 Å². The van der Waals surface area contributed by atoms with E-state index in [2.05, 4.69) is 29.6 Å². The van der Waals surface area contributed by atoms with Gasteiger partial charge in [0.25, 0.3) is 0 Å². The molecule has 2 aromatic carbocycles. The van der Waals surface area contributed by atoms with Crippen LogP contribution in [0.2, 0.25) is 0 Å². The fourth-order valence-corrected chi connectivity index (χ4v) is 5.28. The third-order valence-electron chi connectivity index (χ3n) is 7.71. The highest BCUT2D eigenvalue weighted by Gasteiger charge is 2.29. The van der Waals surface area contributed by atoms with Crippen molar-refractivity contribution < 1.29 is 61.7 Å². The zero-order valence-electron chi connectivity index (χ0n) is 32.4. The Morgan fingerprint density at radius 3 is 1.26 bits per heavy atom. The van der Waals surface area contributed by atoms with Crippen LogP contribution in [-0.4, -0.2) is 150 Å².